The Morgan fingerprint density at radius 2 is 2.04 bits per heavy atom. The van der Waals surface area contributed by atoms with Gasteiger partial charge in [-0.1, -0.05) is 6.42 Å². The highest BCUT2D eigenvalue weighted by Gasteiger charge is 2.36. The van der Waals surface area contributed by atoms with Crippen LogP contribution in [0.3, 0.4) is 0 Å². The molecule has 1 amide bonds. The summed E-state index contributed by atoms with van der Waals surface area (Å²) >= 11 is 0. The van der Waals surface area contributed by atoms with E-state index in [9.17, 15) is 4.79 Å². The third-order valence-corrected chi connectivity index (χ3v) is 5.51. The van der Waals surface area contributed by atoms with Crippen LogP contribution in [-0.4, -0.2) is 67.3 Å². The molecule has 0 radical (unpaired) electrons. The number of nitrogens with zero attached hydrogens (tertiary/aromatic N) is 3. The Hall–Kier alpha value is -1.66. The number of aromatic nitrogens is 1. The van der Waals surface area contributed by atoms with Crippen LogP contribution in [0.25, 0.3) is 0 Å². The van der Waals surface area contributed by atoms with Gasteiger partial charge in [-0.15, -0.1) is 0 Å². The molecule has 1 aromatic rings. The van der Waals surface area contributed by atoms with Gasteiger partial charge in [0.1, 0.15) is 5.82 Å². The molecule has 4 rings (SSSR count). The fourth-order valence-electron chi connectivity index (χ4n) is 4.26. The molecule has 3 aliphatic heterocycles. The zero-order valence-corrected chi connectivity index (χ0v) is 14.1. The zero-order valence-electron chi connectivity index (χ0n) is 14.1. The first kappa shape index (κ1) is 15.8. The van der Waals surface area contributed by atoms with Crippen LogP contribution < -0.4 is 10.2 Å². The first-order chi connectivity index (χ1) is 11.8. The number of piperidine rings is 1. The maximum absolute atomic E-state index is 12.9. The lowest BCUT2D eigenvalue weighted by Crippen LogP contribution is -2.47. The number of carbonyl (C=O) groups is 1. The maximum atomic E-state index is 12.9. The van der Waals surface area contributed by atoms with Gasteiger partial charge in [-0.05, 0) is 37.9 Å². The number of hydrogen-bond acceptors (Lipinski definition) is 5. The van der Waals surface area contributed by atoms with Crippen molar-refractivity contribution >= 4 is 11.7 Å². The number of hydrogen-bond donors (Lipinski definition) is 1. The predicted octanol–water partition coefficient (Wildman–Crippen LogP) is 1.27. The number of amides is 1. The molecule has 0 aromatic carbocycles. The summed E-state index contributed by atoms with van der Waals surface area (Å²) < 4.78 is 5.41. The van der Waals surface area contributed by atoms with Crippen molar-refractivity contribution in [3.05, 3.63) is 23.9 Å². The fourth-order valence-corrected chi connectivity index (χ4v) is 4.26. The monoisotopic (exact) mass is 330 g/mol. The Bertz CT molecular complexity index is 588. The average molecular weight is 330 g/mol. The van der Waals surface area contributed by atoms with Crippen molar-refractivity contribution in [2.24, 2.45) is 0 Å². The van der Waals surface area contributed by atoms with E-state index in [0.717, 1.165) is 31.9 Å². The lowest BCUT2D eigenvalue weighted by Gasteiger charge is -2.33. The second-order valence-corrected chi connectivity index (χ2v) is 6.94. The van der Waals surface area contributed by atoms with Crippen molar-refractivity contribution in [3.63, 3.8) is 0 Å². The third kappa shape index (κ3) is 3.13. The Morgan fingerprint density at radius 1 is 1.17 bits per heavy atom. The molecule has 4 heterocycles. The van der Waals surface area contributed by atoms with E-state index in [0.29, 0.717) is 24.8 Å². The molecule has 0 bridgehead atoms. The van der Waals surface area contributed by atoms with Gasteiger partial charge in [0.05, 0.1) is 18.8 Å². The number of ether oxygens (including phenoxy) is 1. The molecule has 6 heteroatoms. The van der Waals surface area contributed by atoms with Crippen LogP contribution in [0, 0.1) is 0 Å². The molecular formula is C18H26N4O2. The molecule has 3 aliphatic rings. The molecular weight excluding hydrogens is 304 g/mol. The second kappa shape index (κ2) is 7.07. The third-order valence-electron chi connectivity index (χ3n) is 5.51. The fraction of sp³-hybridized carbons (Fsp3) is 0.667. The summed E-state index contributed by atoms with van der Waals surface area (Å²) in [6.07, 6.45) is 6.60. The number of nitrogens with one attached hydrogen (secondary N) is 1. The van der Waals surface area contributed by atoms with E-state index >= 15 is 0 Å². The Kier molecular flexibility index (Phi) is 4.67. The molecule has 3 saturated heterocycles. The molecule has 1 aromatic heterocycles. The summed E-state index contributed by atoms with van der Waals surface area (Å²) in [4.78, 5) is 22.1. The van der Waals surface area contributed by atoms with Gasteiger partial charge >= 0.3 is 0 Å². The zero-order chi connectivity index (χ0) is 16.4. The Labute approximate surface area is 143 Å². The number of rotatable bonds is 3. The minimum Gasteiger partial charge on any atom is -0.378 e. The van der Waals surface area contributed by atoms with Gasteiger partial charge in [0.25, 0.3) is 5.91 Å². The number of pyridine rings is 1. The minimum atomic E-state index is 0.0158. The highest BCUT2D eigenvalue weighted by molar-refractivity contribution is 5.99. The van der Waals surface area contributed by atoms with Crippen LogP contribution in [0.4, 0.5) is 5.82 Å². The van der Waals surface area contributed by atoms with E-state index in [-0.39, 0.29) is 11.9 Å². The van der Waals surface area contributed by atoms with Gasteiger partial charge in [-0.25, -0.2) is 4.98 Å². The molecule has 1 N–H and O–H groups in total. The SMILES string of the molecule is O=C(NC1CCN2CCCCC12)c1cccnc1N1CCOCC1. The van der Waals surface area contributed by atoms with E-state index in [4.69, 9.17) is 4.74 Å². The van der Waals surface area contributed by atoms with Crippen LogP contribution in [0.5, 0.6) is 0 Å². The lowest BCUT2D eigenvalue weighted by atomic mass is 9.99. The van der Waals surface area contributed by atoms with E-state index in [1.807, 2.05) is 12.1 Å². The average Bonchev–Trinajstić information content (AvgIpc) is 3.05. The predicted molar refractivity (Wildman–Crippen MR) is 92.4 cm³/mol. The van der Waals surface area contributed by atoms with E-state index in [2.05, 4.69) is 20.1 Å². The largest absolute Gasteiger partial charge is 0.378 e. The maximum Gasteiger partial charge on any atom is 0.255 e. The van der Waals surface area contributed by atoms with Gasteiger partial charge in [-0.3, -0.25) is 9.69 Å². The van der Waals surface area contributed by atoms with Crippen LogP contribution in [0.1, 0.15) is 36.0 Å². The minimum absolute atomic E-state index is 0.0158. The van der Waals surface area contributed by atoms with Crippen LogP contribution >= 0.6 is 0 Å². The van der Waals surface area contributed by atoms with Crippen molar-refractivity contribution in [2.75, 3.05) is 44.3 Å². The van der Waals surface area contributed by atoms with Crippen molar-refractivity contribution in [1.82, 2.24) is 15.2 Å². The van der Waals surface area contributed by atoms with Gasteiger partial charge in [0.15, 0.2) is 0 Å². The summed E-state index contributed by atoms with van der Waals surface area (Å²) in [5.41, 5.74) is 0.689. The van der Waals surface area contributed by atoms with Crippen LogP contribution in [-0.2, 0) is 4.74 Å². The van der Waals surface area contributed by atoms with Gasteiger partial charge in [0.2, 0.25) is 0 Å². The van der Waals surface area contributed by atoms with E-state index in [1.54, 1.807) is 6.20 Å². The van der Waals surface area contributed by atoms with E-state index < -0.39 is 0 Å². The summed E-state index contributed by atoms with van der Waals surface area (Å²) in [5, 5.41) is 3.30. The second-order valence-electron chi connectivity index (χ2n) is 6.94. The van der Waals surface area contributed by atoms with E-state index in [1.165, 1.54) is 25.8 Å². The van der Waals surface area contributed by atoms with Crippen molar-refractivity contribution in [1.29, 1.82) is 0 Å². The molecule has 6 nitrogen and oxygen atoms in total. The van der Waals surface area contributed by atoms with Gasteiger partial charge in [0, 0.05) is 37.9 Å². The molecule has 3 fully saturated rings. The smallest absolute Gasteiger partial charge is 0.255 e. The lowest BCUT2D eigenvalue weighted by molar-refractivity contribution is 0.0913. The number of anilines is 1. The molecule has 2 unspecified atom stereocenters. The molecule has 0 saturated carbocycles. The Morgan fingerprint density at radius 3 is 2.92 bits per heavy atom. The summed E-state index contributed by atoms with van der Waals surface area (Å²) in [6, 6.07) is 4.53. The van der Waals surface area contributed by atoms with Gasteiger partial charge in [-0.2, -0.15) is 0 Å². The molecule has 2 atom stereocenters. The summed E-state index contributed by atoms with van der Waals surface area (Å²) in [5.74, 6) is 0.804. The Balaban J connectivity index is 1.48. The highest BCUT2D eigenvalue weighted by Crippen LogP contribution is 2.28. The number of carbonyl (C=O) groups excluding carboxylic acids is 1. The standard InChI is InChI=1S/C18H26N4O2/c23-18(20-15-6-9-21-8-2-1-5-16(15)21)14-4-3-7-19-17(14)22-10-12-24-13-11-22/h3-4,7,15-16H,1-2,5-6,8-13H2,(H,20,23). The first-order valence-electron chi connectivity index (χ1n) is 9.15. The van der Waals surface area contributed by atoms with Crippen LogP contribution in [0.15, 0.2) is 18.3 Å². The first-order valence-corrected chi connectivity index (χ1v) is 9.15. The summed E-state index contributed by atoms with van der Waals surface area (Å²) in [7, 11) is 0. The van der Waals surface area contributed by atoms with Crippen molar-refractivity contribution < 1.29 is 9.53 Å². The van der Waals surface area contributed by atoms with Crippen molar-refractivity contribution in [2.45, 2.75) is 37.8 Å². The van der Waals surface area contributed by atoms with Crippen LogP contribution in [0.2, 0.25) is 0 Å². The molecule has 24 heavy (non-hydrogen) atoms. The number of fused-ring (bicyclic) bond motifs is 1. The highest BCUT2D eigenvalue weighted by atomic mass is 16.5. The van der Waals surface area contributed by atoms with Gasteiger partial charge < -0.3 is 15.0 Å². The quantitative estimate of drug-likeness (QED) is 0.905. The molecule has 0 spiro atoms. The topological polar surface area (TPSA) is 57.7 Å². The van der Waals surface area contributed by atoms with Crippen molar-refractivity contribution in [3.8, 4) is 0 Å². The molecule has 0 aliphatic carbocycles. The molecule has 130 valence electrons. The normalized spacial score (nSPS) is 27.8. The summed E-state index contributed by atoms with van der Waals surface area (Å²) in [6.45, 7) is 5.25. The number of morpholine rings is 1.